The maximum atomic E-state index is 12.3. The van der Waals surface area contributed by atoms with Gasteiger partial charge in [0.25, 0.3) is 0 Å². The summed E-state index contributed by atoms with van der Waals surface area (Å²) in [6, 6.07) is 5.43. The first-order valence-electron chi connectivity index (χ1n) is 3.51. The van der Waals surface area contributed by atoms with E-state index in [1.807, 2.05) is 6.07 Å². The average molecular weight is 296 g/mol. The predicted octanol–water partition coefficient (Wildman–Crippen LogP) is -2.24. The Morgan fingerprint density at radius 2 is 2.00 bits per heavy atom. The van der Waals surface area contributed by atoms with Crippen LogP contribution >= 0.6 is 0 Å². The van der Waals surface area contributed by atoms with Gasteiger partial charge in [0.05, 0.1) is 12.4 Å². The van der Waals surface area contributed by atoms with Gasteiger partial charge in [0.15, 0.2) is 11.8 Å². The van der Waals surface area contributed by atoms with Gasteiger partial charge in [0.1, 0.15) is 7.11 Å². The first-order chi connectivity index (χ1) is 5.88. The molecule has 0 bridgehead atoms. The van der Waals surface area contributed by atoms with Crippen LogP contribution in [0.25, 0.3) is 0 Å². The van der Waals surface area contributed by atoms with Gasteiger partial charge in [-0.3, -0.25) is 0 Å². The monoisotopic (exact) mass is 296 g/mol. The first kappa shape index (κ1) is 12.3. The Hall–Kier alpha value is -0.720. The van der Waals surface area contributed by atoms with E-state index in [4.69, 9.17) is 0 Å². The molecule has 0 atom stereocenters. The molecule has 5 heteroatoms. The lowest BCUT2D eigenvalue weighted by molar-refractivity contribution is -0.559. The highest BCUT2D eigenvalue weighted by Gasteiger charge is 2.11. The molecule has 0 unspecified atom stereocenters. The molecule has 0 radical (unpaired) electrons. The summed E-state index contributed by atoms with van der Waals surface area (Å²) in [5.41, 5.74) is 0. The van der Waals surface area contributed by atoms with Crippen LogP contribution in [0.15, 0.2) is 35.7 Å². The Labute approximate surface area is 93.2 Å². The summed E-state index contributed by atoms with van der Waals surface area (Å²) in [7, 11) is 1.39. The van der Waals surface area contributed by atoms with Crippen molar-refractivity contribution in [2.75, 3.05) is 13.8 Å². The van der Waals surface area contributed by atoms with E-state index in [0.29, 0.717) is 0 Å². The second-order valence-electron chi connectivity index (χ2n) is 2.11. The van der Waals surface area contributed by atoms with E-state index < -0.39 is 6.67 Å². The van der Waals surface area contributed by atoms with Crippen molar-refractivity contribution in [2.45, 2.75) is 0 Å². The summed E-state index contributed by atoms with van der Waals surface area (Å²) in [5.74, 6) is 0.234. The van der Waals surface area contributed by atoms with Crippen LogP contribution in [-0.4, -0.2) is 19.6 Å². The van der Waals surface area contributed by atoms with Crippen LogP contribution in [0.5, 0.6) is 0 Å². The van der Waals surface area contributed by atoms with E-state index in [0.717, 1.165) is 0 Å². The Morgan fingerprint density at radius 3 is 2.46 bits per heavy atom. The fourth-order valence-electron chi connectivity index (χ4n) is 0.817. The topological polar surface area (TPSA) is 25.5 Å². The van der Waals surface area contributed by atoms with Crippen LogP contribution in [-0.2, 0) is 4.84 Å². The molecule has 1 aromatic heterocycles. The third kappa shape index (κ3) is 3.67. The molecule has 0 spiro atoms. The fraction of sp³-hybridized carbons (Fsp3) is 0.250. The Morgan fingerprint density at radius 1 is 1.38 bits per heavy atom. The number of nitrogens with zero attached hydrogens (tertiary/aromatic N) is 2. The normalized spacial score (nSPS) is 10.5. The minimum absolute atomic E-state index is 0. The Bertz CT molecular complexity index is 266. The number of hydrogen-bond acceptors (Lipinski definition) is 2. The van der Waals surface area contributed by atoms with E-state index in [1.165, 1.54) is 7.11 Å². The second-order valence-corrected chi connectivity index (χ2v) is 2.11. The maximum absolute atomic E-state index is 12.3. The van der Waals surface area contributed by atoms with Crippen LogP contribution in [0.1, 0.15) is 0 Å². The zero-order chi connectivity index (χ0) is 8.81. The largest absolute Gasteiger partial charge is 1.00 e. The van der Waals surface area contributed by atoms with Gasteiger partial charge in [-0.25, -0.2) is 8.96 Å². The highest BCUT2D eigenvalue weighted by Crippen LogP contribution is 1.81. The minimum atomic E-state index is -0.650. The number of hydrogen-bond donors (Lipinski definition) is 0. The van der Waals surface area contributed by atoms with Crippen molar-refractivity contribution >= 4 is 5.84 Å². The lowest BCUT2D eigenvalue weighted by Gasteiger charge is -1.92. The van der Waals surface area contributed by atoms with Crippen LogP contribution in [0.4, 0.5) is 4.39 Å². The van der Waals surface area contributed by atoms with E-state index in [1.54, 1.807) is 29.1 Å². The molecule has 13 heavy (non-hydrogen) atoms. The molecular weight excluding hydrogens is 286 g/mol. The van der Waals surface area contributed by atoms with Gasteiger partial charge in [-0.15, -0.1) is 0 Å². The van der Waals surface area contributed by atoms with Gasteiger partial charge in [0.2, 0.25) is 0 Å². The fourth-order valence-corrected chi connectivity index (χ4v) is 0.817. The number of halogens is 2. The lowest BCUT2D eigenvalue weighted by atomic mass is 10.5. The SMILES string of the molecule is CON=C(CF)[n+]1ccccc1.[I-]. The van der Waals surface area contributed by atoms with Crippen LogP contribution in [0.2, 0.25) is 0 Å². The highest BCUT2D eigenvalue weighted by molar-refractivity contribution is 5.73. The number of aromatic nitrogens is 1. The summed E-state index contributed by atoms with van der Waals surface area (Å²) in [5, 5.41) is 3.52. The van der Waals surface area contributed by atoms with E-state index >= 15 is 0 Å². The number of alkyl halides is 1. The summed E-state index contributed by atoms with van der Waals surface area (Å²) < 4.78 is 13.9. The molecule has 0 aromatic carbocycles. The van der Waals surface area contributed by atoms with Gasteiger partial charge in [-0.05, 0) is 12.1 Å². The summed E-state index contributed by atoms with van der Waals surface area (Å²) in [6.45, 7) is -0.650. The van der Waals surface area contributed by atoms with Crippen LogP contribution < -0.4 is 28.5 Å². The summed E-state index contributed by atoms with van der Waals surface area (Å²) >= 11 is 0. The average Bonchev–Trinajstić information content (AvgIpc) is 2.15. The van der Waals surface area contributed by atoms with Crippen molar-refractivity contribution < 1.29 is 37.8 Å². The molecule has 0 amide bonds. The van der Waals surface area contributed by atoms with Gasteiger partial charge in [-0.1, -0.05) is 6.07 Å². The quantitative estimate of drug-likeness (QED) is 0.199. The van der Waals surface area contributed by atoms with Gasteiger partial charge in [-0.2, -0.15) is 0 Å². The van der Waals surface area contributed by atoms with Gasteiger partial charge < -0.3 is 28.8 Å². The van der Waals surface area contributed by atoms with E-state index in [-0.39, 0.29) is 29.8 Å². The predicted molar refractivity (Wildman–Crippen MR) is 42.5 cm³/mol. The summed E-state index contributed by atoms with van der Waals surface area (Å²) in [4.78, 5) is 4.48. The molecule has 0 N–H and O–H groups in total. The standard InChI is InChI=1S/C8H10FN2O.HI/c1-12-10-8(7-9)11-5-3-2-4-6-11;/h2-6H,7H2,1H3;1H/q+1;/p-1. The van der Waals surface area contributed by atoms with Gasteiger partial charge >= 0.3 is 5.84 Å². The van der Waals surface area contributed by atoms with Crippen LogP contribution in [0, 0.1) is 0 Å². The summed E-state index contributed by atoms with van der Waals surface area (Å²) in [6.07, 6.45) is 3.41. The van der Waals surface area contributed by atoms with E-state index in [2.05, 4.69) is 9.99 Å². The molecule has 1 aromatic rings. The Balaban J connectivity index is 0.00000144. The molecule has 0 aliphatic rings. The van der Waals surface area contributed by atoms with Crippen molar-refractivity contribution in [3.8, 4) is 0 Å². The molecule has 3 nitrogen and oxygen atoms in total. The highest BCUT2D eigenvalue weighted by atomic mass is 127. The number of pyridine rings is 1. The van der Waals surface area contributed by atoms with E-state index in [9.17, 15) is 4.39 Å². The Kier molecular flexibility index (Phi) is 6.38. The molecule has 72 valence electrons. The van der Waals surface area contributed by atoms with Crippen LogP contribution in [0.3, 0.4) is 0 Å². The number of rotatable bonds is 2. The molecule has 0 aliphatic heterocycles. The third-order valence-electron chi connectivity index (χ3n) is 1.33. The number of oxime groups is 1. The third-order valence-corrected chi connectivity index (χ3v) is 1.33. The van der Waals surface area contributed by atoms with Crippen molar-refractivity contribution in [2.24, 2.45) is 5.16 Å². The zero-order valence-corrected chi connectivity index (χ0v) is 9.31. The molecule has 0 fully saturated rings. The minimum Gasteiger partial charge on any atom is -1.00 e. The van der Waals surface area contributed by atoms with Crippen molar-refractivity contribution in [1.82, 2.24) is 0 Å². The lowest BCUT2D eigenvalue weighted by Crippen LogP contribution is -3.00. The molecule has 1 rings (SSSR count). The first-order valence-corrected chi connectivity index (χ1v) is 3.51. The molecule has 1 heterocycles. The van der Waals surface area contributed by atoms with Gasteiger partial charge in [0, 0.05) is 0 Å². The molecule has 0 saturated heterocycles. The molecule has 0 aliphatic carbocycles. The van der Waals surface area contributed by atoms with Crippen molar-refractivity contribution in [3.63, 3.8) is 0 Å². The molecule has 0 saturated carbocycles. The maximum Gasteiger partial charge on any atom is 0.381 e. The zero-order valence-electron chi connectivity index (χ0n) is 7.15. The van der Waals surface area contributed by atoms with Crippen molar-refractivity contribution in [1.29, 1.82) is 0 Å². The molecular formula is C8H10FIN2O. The van der Waals surface area contributed by atoms with Crippen molar-refractivity contribution in [3.05, 3.63) is 30.6 Å². The second kappa shape index (κ2) is 6.76. The smallest absolute Gasteiger partial charge is 0.381 e.